The van der Waals surface area contributed by atoms with E-state index in [0.29, 0.717) is 60.3 Å². The molecule has 310 valence electrons. The Morgan fingerprint density at radius 3 is 2.45 bits per heavy atom. The van der Waals surface area contributed by atoms with Crippen LogP contribution in [0.3, 0.4) is 0 Å². The Kier molecular flexibility index (Phi) is 11.4. The van der Waals surface area contributed by atoms with Gasteiger partial charge in [0.25, 0.3) is 0 Å². The van der Waals surface area contributed by atoms with Crippen LogP contribution in [0.1, 0.15) is 72.1 Å². The molecule has 7 rings (SSSR count). The fourth-order valence-corrected chi connectivity index (χ4v) is 9.88. The number of benzene rings is 2. The molecular weight excluding hydrogens is 764 g/mol. The summed E-state index contributed by atoms with van der Waals surface area (Å²) in [6.07, 6.45) is 1.47. The maximum Gasteiger partial charge on any atom is 0.240 e. The number of ether oxygens (including phenoxy) is 2. The number of Topliss-reactive ketones (excluding diaryl/α,β-unsaturated/α-hetero) is 1. The van der Waals surface area contributed by atoms with E-state index in [1.165, 1.54) is 9.80 Å². The van der Waals surface area contributed by atoms with Gasteiger partial charge in [-0.25, -0.2) is 17.8 Å². The first-order valence-corrected chi connectivity index (χ1v) is 21.7. The van der Waals surface area contributed by atoms with Gasteiger partial charge in [-0.15, -0.1) is 6.58 Å². The lowest BCUT2D eigenvalue weighted by Crippen LogP contribution is -2.50. The second kappa shape index (κ2) is 16.1. The van der Waals surface area contributed by atoms with Gasteiger partial charge in [0, 0.05) is 48.9 Å². The molecule has 0 bridgehead atoms. The molecule has 2 saturated carbocycles. The lowest BCUT2D eigenvalue weighted by molar-refractivity contribution is -0.148. The normalized spacial score (nSPS) is 25.2. The van der Waals surface area contributed by atoms with Crippen LogP contribution in [0.15, 0.2) is 67.3 Å². The lowest BCUT2D eigenvalue weighted by atomic mass is 9.77. The highest BCUT2D eigenvalue weighted by Gasteiger charge is 2.61. The fourth-order valence-electron chi connectivity index (χ4n) is 8.50. The van der Waals surface area contributed by atoms with E-state index in [0.717, 1.165) is 5.56 Å². The van der Waals surface area contributed by atoms with Crippen molar-refractivity contribution in [2.75, 3.05) is 26.7 Å². The summed E-state index contributed by atoms with van der Waals surface area (Å²) in [4.78, 5) is 64.7. The maximum atomic E-state index is 14.9. The van der Waals surface area contributed by atoms with E-state index in [-0.39, 0.29) is 44.7 Å². The third kappa shape index (κ3) is 8.62. The predicted molar refractivity (Wildman–Crippen MR) is 217 cm³/mol. The quantitative estimate of drug-likeness (QED) is 0.192. The van der Waals surface area contributed by atoms with Crippen molar-refractivity contribution in [1.82, 2.24) is 19.5 Å². The smallest absolute Gasteiger partial charge is 0.240 e. The summed E-state index contributed by atoms with van der Waals surface area (Å²) in [6.45, 7) is 9.81. The molecule has 3 aromatic rings. The van der Waals surface area contributed by atoms with Crippen molar-refractivity contribution in [3.63, 3.8) is 0 Å². The average Bonchev–Trinajstić information content (AvgIpc) is 4.13. The number of carbonyl (C=O) groups excluding carboxylic acids is 4. The van der Waals surface area contributed by atoms with Gasteiger partial charge in [-0.05, 0) is 55.6 Å². The zero-order valence-corrected chi connectivity index (χ0v) is 34.4. The predicted octanol–water partition coefficient (Wildman–Crippen LogP) is 6.03. The molecule has 1 N–H and O–H groups in total. The van der Waals surface area contributed by atoms with Gasteiger partial charge >= 0.3 is 0 Å². The number of methoxy groups -OCH3 is 1. The minimum atomic E-state index is -3.88. The van der Waals surface area contributed by atoms with Crippen LogP contribution in [0, 0.1) is 22.7 Å². The maximum absolute atomic E-state index is 14.9. The van der Waals surface area contributed by atoms with E-state index in [4.69, 9.17) is 14.5 Å². The van der Waals surface area contributed by atoms with Crippen molar-refractivity contribution in [2.45, 2.75) is 95.7 Å². The summed E-state index contributed by atoms with van der Waals surface area (Å²) >= 11 is 0. The second-order valence-corrected chi connectivity index (χ2v) is 19.4. The molecule has 12 nitrogen and oxygen atoms in total. The minimum Gasteiger partial charge on any atom is -0.497 e. The van der Waals surface area contributed by atoms with Gasteiger partial charge in [-0.2, -0.15) is 0 Å². The van der Waals surface area contributed by atoms with Gasteiger partial charge in [-0.3, -0.25) is 23.9 Å². The number of sulfonamides is 1. The number of fused-ring (bicyclic) bond motifs is 1. The molecule has 3 amide bonds. The summed E-state index contributed by atoms with van der Waals surface area (Å²) in [7, 11) is -2.31. The van der Waals surface area contributed by atoms with Crippen molar-refractivity contribution >= 4 is 44.4 Å². The van der Waals surface area contributed by atoms with Gasteiger partial charge in [0.1, 0.15) is 23.8 Å². The van der Waals surface area contributed by atoms with Gasteiger partial charge < -0.3 is 19.3 Å². The van der Waals surface area contributed by atoms with E-state index < -0.39 is 73.9 Å². The summed E-state index contributed by atoms with van der Waals surface area (Å²) in [5.74, 6) is -2.09. The minimum absolute atomic E-state index is 0.00701. The zero-order valence-electron chi connectivity index (χ0n) is 33.6. The molecule has 14 heteroatoms. The monoisotopic (exact) mass is 816 g/mol. The molecule has 2 aliphatic heterocycles. The highest BCUT2D eigenvalue weighted by Crippen LogP contribution is 2.57. The van der Waals surface area contributed by atoms with Crippen LogP contribution >= 0.6 is 0 Å². The number of rotatable bonds is 14. The number of halogens is 1. The van der Waals surface area contributed by atoms with Crippen molar-refractivity contribution in [3.05, 3.63) is 67.3 Å². The number of allylic oxidation sites excluding steroid dienone is 1. The third-order valence-corrected chi connectivity index (χ3v) is 14.1. The molecule has 0 spiro atoms. The fraction of sp³-hybridized carbons (Fsp3) is 0.523. The number of alkyl halides is 1. The molecule has 1 aromatic heterocycles. The number of pyridine rings is 1. The van der Waals surface area contributed by atoms with E-state index >= 15 is 0 Å². The van der Waals surface area contributed by atoms with E-state index in [2.05, 4.69) is 11.3 Å². The van der Waals surface area contributed by atoms with Crippen LogP contribution in [0.4, 0.5) is 4.39 Å². The molecule has 2 aliphatic carbocycles. The van der Waals surface area contributed by atoms with Gasteiger partial charge in [0.2, 0.25) is 27.7 Å². The number of amides is 3. The van der Waals surface area contributed by atoms with E-state index in [9.17, 15) is 32.0 Å². The number of likely N-dealkylation sites (tertiary alicyclic amines) is 2. The number of carbonyl (C=O) groups is 4. The lowest BCUT2D eigenvalue weighted by Gasteiger charge is -2.37. The standard InChI is InChI=1S/C44H53FN4O8S/c1-6-28-23-44(28,42(53)47-58(54,55)32-15-16-32)24-38(50)37-20-31(26-49(37)41(52)34(43(2,3)4)21-40(51)48-18-10-13-29(45)25-48)57-39-22-35(27-11-8-7-9-12-27)46-36-19-30(56-5)14-17-33(36)39/h6-9,11-12,14,17,19,22,28-29,31-32,34,37H,1,10,13,15-16,18,20-21,23-26H2,2-5H3,(H,47,53)/t28-,29?,31-,34-,37+,44-/m1/s1. The van der Waals surface area contributed by atoms with Crippen molar-refractivity contribution < 1.29 is 41.5 Å². The van der Waals surface area contributed by atoms with Crippen LogP contribution in [-0.2, 0) is 29.2 Å². The van der Waals surface area contributed by atoms with Crippen molar-refractivity contribution in [3.8, 4) is 22.8 Å². The largest absolute Gasteiger partial charge is 0.497 e. The summed E-state index contributed by atoms with van der Waals surface area (Å²) in [5, 5.41) is 0.0646. The number of aromatic nitrogens is 1. The molecule has 4 fully saturated rings. The van der Waals surface area contributed by atoms with Crippen LogP contribution in [0.2, 0.25) is 0 Å². The number of nitrogens with one attached hydrogen (secondary N) is 1. The Bertz CT molecular complexity index is 2210. The number of ketones is 1. The molecule has 2 saturated heterocycles. The molecule has 6 atom stereocenters. The van der Waals surface area contributed by atoms with Crippen molar-refractivity contribution in [1.29, 1.82) is 0 Å². The highest BCUT2D eigenvalue weighted by atomic mass is 32.2. The Hall–Kier alpha value is -4.85. The molecule has 4 aliphatic rings. The van der Waals surface area contributed by atoms with Gasteiger partial charge in [0.15, 0.2) is 5.78 Å². The summed E-state index contributed by atoms with van der Waals surface area (Å²) in [6, 6.07) is 15.8. The Morgan fingerprint density at radius 2 is 1.81 bits per heavy atom. The first-order valence-electron chi connectivity index (χ1n) is 20.2. The van der Waals surface area contributed by atoms with Crippen LogP contribution in [-0.4, -0.2) is 97.0 Å². The van der Waals surface area contributed by atoms with Crippen LogP contribution < -0.4 is 14.2 Å². The Balaban J connectivity index is 1.21. The zero-order chi connectivity index (χ0) is 41.6. The molecular formula is C44H53FN4O8S. The molecule has 2 aromatic carbocycles. The summed E-state index contributed by atoms with van der Waals surface area (Å²) in [5.41, 5.74) is 0.0699. The first kappa shape index (κ1) is 41.3. The molecule has 1 unspecified atom stereocenters. The molecule has 58 heavy (non-hydrogen) atoms. The van der Waals surface area contributed by atoms with Crippen LogP contribution in [0.5, 0.6) is 11.5 Å². The van der Waals surface area contributed by atoms with Crippen molar-refractivity contribution in [2.24, 2.45) is 22.7 Å². The number of hydrogen-bond acceptors (Lipinski definition) is 9. The Labute approximate surface area is 339 Å². The Morgan fingerprint density at radius 1 is 1.07 bits per heavy atom. The van der Waals surface area contributed by atoms with E-state index in [1.54, 1.807) is 19.3 Å². The van der Waals surface area contributed by atoms with E-state index in [1.807, 2.05) is 69.3 Å². The van der Waals surface area contributed by atoms with Gasteiger partial charge in [-0.1, -0.05) is 57.2 Å². The molecule has 0 radical (unpaired) electrons. The van der Waals surface area contributed by atoms with Crippen LogP contribution in [0.25, 0.3) is 22.2 Å². The topological polar surface area (TPSA) is 152 Å². The number of nitrogens with zero attached hydrogens (tertiary/aromatic N) is 3. The SMILES string of the molecule is C=C[C@@H]1C[C@]1(CC(=O)[C@@H]1C[C@@H](Oc2cc(-c3ccccc3)nc3cc(OC)ccc23)CN1C(=O)[C@@H](CC(=O)N1CCCC(F)C1)C(C)(C)C)C(=O)NS(=O)(=O)C1CC1. The van der Waals surface area contributed by atoms with Gasteiger partial charge in [0.05, 0.1) is 54.0 Å². The molecule has 3 heterocycles. The number of piperidine rings is 1. The first-order chi connectivity index (χ1) is 27.5. The average molecular weight is 817 g/mol. The number of hydrogen-bond donors (Lipinski definition) is 1. The highest BCUT2D eigenvalue weighted by molar-refractivity contribution is 7.90. The third-order valence-electron chi connectivity index (χ3n) is 12.3. The second-order valence-electron chi connectivity index (χ2n) is 17.5. The summed E-state index contributed by atoms with van der Waals surface area (Å²) < 4.78 is 54.5.